The van der Waals surface area contributed by atoms with Crippen molar-refractivity contribution in [3.63, 3.8) is 0 Å². The highest BCUT2D eigenvalue weighted by molar-refractivity contribution is 6.00. The molecule has 1 aromatic rings. The van der Waals surface area contributed by atoms with Gasteiger partial charge in [0.15, 0.2) is 0 Å². The Hall–Kier alpha value is -2.11. The van der Waals surface area contributed by atoms with Gasteiger partial charge >= 0.3 is 0 Å². The number of nitrogens with zero attached hydrogens (tertiary/aromatic N) is 1. The van der Waals surface area contributed by atoms with Gasteiger partial charge in [-0.2, -0.15) is 0 Å². The first-order chi connectivity index (χ1) is 9.66. The number of anilines is 1. The van der Waals surface area contributed by atoms with Gasteiger partial charge in [0.25, 0.3) is 11.6 Å². The molecular weight excluding hydrogens is 270 g/mol. The third-order valence-corrected chi connectivity index (χ3v) is 3.47. The zero-order valence-electron chi connectivity index (χ0n) is 13.2. The van der Waals surface area contributed by atoms with E-state index in [1.807, 2.05) is 34.6 Å². The van der Waals surface area contributed by atoms with Crippen molar-refractivity contribution in [1.29, 1.82) is 0 Å². The molecule has 0 spiro atoms. The van der Waals surface area contributed by atoms with Crippen molar-refractivity contribution in [3.8, 4) is 0 Å². The number of nitro benzene ring substituents is 1. The summed E-state index contributed by atoms with van der Waals surface area (Å²) in [5.74, 6) is -0.308. The average Bonchev–Trinajstić information content (AvgIpc) is 2.37. The first-order valence-corrected chi connectivity index (χ1v) is 7.00. The molecule has 6 heteroatoms. The molecule has 1 amide bonds. The molecule has 1 unspecified atom stereocenters. The Balaban J connectivity index is 3.10. The maximum atomic E-state index is 12.4. The number of rotatable bonds is 5. The molecule has 0 aromatic heterocycles. The van der Waals surface area contributed by atoms with E-state index in [4.69, 9.17) is 0 Å². The molecule has 1 aromatic carbocycles. The Morgan fingerprint density at radius 1 is 1.38 bits per heavy atom. The van der Waals surface area contributed by atoms with E-state index in [1.54, 1.807) is 6.07 Å². The summed E-state index contributed by atoms with van der Waals surface area (Å²) in [6.45, 7) is 10.5. The van der Waals surface area contributed by atoms with E-state index in [9.17, 15) is 14.9 Å². The Labute approximate surface area is 125 Å². The summed E-state index contributed by atoms with van der Waals surface area (Å²) in [5.41, 5.74) is 0.711. The number of carbonyl (C=O) groups excluding carboxylic acids is 1. The highest BCUT2D eigenvalue weighted by Crippen LogP contribution is 2.24. The third-order valence-electron chi connectivity index (χ3n) is 3.47. The number of amides is 1. The fourth-order valence-corrected chi connectivity index (χ4v) is 1.67. The van der Waals surface area contributed by atoms with Gasteiger partial charge in [0.05, 0.1) is 10.5 Å². The number of carbonyl (C=O) groups is 1. The van der Waals surface area contributed by atoms with Gasteiger partial charge in [0, 0.05) is 30.4 Å². The standard InChI is InChI=1S/C15H23N3O3/c1-6-16-13-8-7-11(18(20)21)9-12(13)14(19)17-10(2)15(3,4)5/h7-10,16H,6H2,1-5H3,(H,17,19). The summed E-state index contributed by atoms with van der Waals surface area (Å²) in [7, 11) is 0. The second-order valence-corrected chi connectivity index (χ2v) is 6.08. The minimum atomic E-state index is -0.500. The largest absolute Gasteiger partial charge is 0.385 e. The fraction of sp³-hybridized carbons (Fsp3) is 0.533. The first kappa shape index (κ1) is 16.9. The molecule has 0 bridgehead atoms. The van der Waals surface area contributed by atoms with Crippen LogP contribution in [-0.4, -0.2) is 23.4 Å². The van der Waals surface area contributed by atoms with Gasteiger partial charge in [-0.1, -0.05) is 20.8 Å². The van der Waals surface area contributed by atoms with E-state index in [-0.39, 0.29) is 23.1 Å². The molecule has 1 atom stereocenters. The molecule has 0 fully saturated rings. The third kappa shape index (κ3) is 4.44. The smallest absolute Gasteiger partial charge is 0.270 e. The van der Waals surface area contributed by atoms with Crippen LogP contribution in [0.15, 0.2) is 18.2 Å². The summed E-state index contributed by atoms with van der Waals surface area (Å²) < 4.78 is 0. The van der Waals surface area contributed by atoms with Crippen LogP contribution in [0.3, 0.4) is 0 Å². The Bertz CT molecular complexity index is 535. The van der Waals surface area contributed by atoms with E-state index in [2.05, 4.69) is 10.6 Å². The van der Waals surface area contributed by atoms with Crippen LogP contribution in [0.2, 0.25) is 0 Å². The molecule has 0 saturated carbocycles. The van der Waals surface area contributed by atoms with Crippen molar-refractivity contribution < 1.29 is 9.72 Å². The number of nitro groups is 1. The van der Waals surface area contributed by atoms with Crippen molar-refractivity contribution in [2.24, 2.45) is 5.41 Å². The number of hydrogen-bond donors (Lipinski definition) is 2. The Kier molecular flexibility index (Phi) is 5.29. The number of benzene rings is 1. The fourth-order valence-electron chi connectivity index (χ4n) is 1.67. The van der Waals surface area contributed by atoms with Gasteiger partial charge in [0.2, 0.25) is 0 Å². The molecule has 2 N–H and O–H groups in total. The normalized spacial score (nSPS) is 12.6. The van der Waals surface area contributed by atoms with Crippen LogP contribution in [0.4, 0.5) is 11.4 Å². The van der Waals surface area contributed by atoms with Crippen LogP contribution in [0, 0.1) is 15.5 Å². The summed E-state index contributed by atoms with van der Waals surface area (Å²) >= 11 is 0. The van der Waals surface area contributed by atoms with Crippen molar-refractivity contribution in [1.82, 2.24) is 5.32 Å². The lowest BCUT2D eigenvalue weighted by atomic mass is 9.88. The van der Waals surface area contributed by atoms with Gasteiger partial charge < -0.3 is 10.6 Å². The quantitative estimate of drug-likeness (QED) is 0.645. The molecule has 0 aliphatic heterocycles. The molecule has 6 nitrogen and oxygen atoms in total. The second kappa shape index (κ2) is 6.56. The van der Waals surface area contributed by atoms with Crippen LogP contribution in [0.25, 0.3) is 0 Å². The highest BCUT2D eigenvalue weighted by Gasteiger charge is 2.24. The predicted octanol–water partition coefficient (Wildman–Crippen LogP) is 3.19. The summed E-state index contributed by atoms with van der Waals surface area (Å²) in [6.07, 6.45) is 0. The average molecular weight is 293 g/mol. The van der Waals surface area contributed by atoms with Crippen molar-refractivity contribution >= 4 is 17.3 Å². The van der Waals surface area contributed by atoms with Gasteiger partial charge in [-0.3, -0.25) is 14.9 Å². The molecule has 0 saturated heterocycles. The molecule has 1 rings (SSSR count). The molecule has 0 heterocycles. The number of nitrogens with one attached hydrogen (secondary N) is 2. The summed E-state index contributed by atoms with van der Waals surface area (Å²) in [6, 6.07) is 4.21. The topological polar surface area (TPSA) is 84.3 Å². The molecular formula is C15H23N3O3. The van der Waals surface area contributed by atoms with Gasteiger partial charge in [-0.15, -0.1) is 0 Å². The second-order valence-electron chi connectivity index (χ2n) is 6.08. The van der Waals surface area contributed by atoms with Crippen molar-refractivity contribution in [2.75, 3.05) is 11.9 Å². The van der Waals surface area contributed by atoms with Crippen LogP contribution in [0.1, 0.15) is 45.0 Å². The molecule has 116 valence electrons. The minimum absolute atomic E-state index is 0.0567. The van der Waals surface area contributed by atoms with Gasteiger partial charge in [-0.05, 0) is 25.3 Å². The monoisotopic (exact) mass is 293 g/mol. The SMILES string of the molecule is CCNc1ccc([N+](=O)[O-])cc1C(=O)NC(C)C(C)(C)C. The lowest BCUT2D eigenvalue weighted by Gasteiger charge is -2.28. The molecule has 21 heavy (non-hydrogen) atoms. The number of non-ortho nitro benzene ring substituents is 1. The van der Waals surface area contributed by atoms with Crippen LogP contribution < -0.4 is 10.6 Å². The zero-order valence-corrected chi connectivity index (χ0v) is 13.2. The summed E-state index contributed by atoms with van der Waals surface area (Å²) in [4.78, 5) is 22.8. The molecule has 0 aliphatic rings. The van der Waals surface area contributed by atoms with Crippen molar-refractivity contribution in [2.45, 2.75) is 40.7 Å². The van der Waals surface area contributed by atoms with E-state index >= 15 is 0 Å². The number of hydrogen-bond acceptors (Lipinski definition) is 4. The maximum absolute atomic E-state index is 12.4. The first-order valence-electron chi connectivity index (χ1n) is 7.00. The highest BCUT2D eigenvalue weighted by atomic mass is 16.6. The van der Waals surface area contributed by atoms with E-state index in [0.717, 1.165) is 0 Å². The van der Waals surface area contributed by atoms with Crippen LogP contribution in [0.5, 0.6) is 0 Å². The van der Waals surface area contributed by atoms with E-state index < -0.39 is 4.92 Å². The molecule has 0 aliphatic carbocycles. The lowest BCUT2D eigenvalue weighted by molar-refractivity contribution is -0.384. The van der Waals surface area contributed by atoms with Crippen LogP contribution >= 0.6 is 0 Å². The minimum Gasteiger partial charge on any atom is -0.385 e. The van der Waals surface area contributed by atoms with Gasteiger partial charge in [-0.25, -0.2) is 0 Å². The maximum Gasteiger partial charge on any atom is 0.270 e. The predicted molar refractivity (Wildman–Crippen MR) is 83.6 cm³/mol. The Morgan fingerprint density at radius 3 is 2.48 bits per heavy atom. The Morgan fingerprint density at radius 2 is 2.00 bits per heavy atom. The zero-order chi connectivity index (χ0) is 16.2. The lowest BCUT2D eigenvalue weighted by Crippen LogP contribution is -2.41. The van der Waals surface area contributed by atoms with Gasteiger partial charge in [0.1, 0.15) is 0 Å². The summed E-state index contributed by atoms with van der Waals surface area (Å²) in [5, 5.41) is 16.8. The van der Waals surface area contributed by atoms with E-state index in [0.29, 0.717) is 17.8 Å². The van der Waals surface area contributed by atoms with Crippen molar-refractivity contribution in [3.05, 3.63) is 33.9 Å². The molecule has 0 radical (unpaired) electrons. The van der Waals surface area contributed by atoms with Crippen LogP contribution in [-0.2, 0) is 0 Å². The van der Waals surface area contributed by atoms with E-state index in [1.165, 1.54) is 12.1 Å².